The molecule has 0 aliphatic carbocycles. The molecule has 5 rings (SSSR count). The fourth-order valence-electron chi connectivity index (χ4n) is 4.08. The number of benzene rings is 3. The van der Waals surface area contributed by atoms with Gasteiger partial charge in [-0.1, -0.05) is 78.9 Å². The van der Waals surface area contributed by atoms with Gasteiger partial charge in [-0.05, 0) is 60.4 Å². The Labute approximate surface area is 216 Å². The number of carbonyl (C=O) groups is 1. The molecule has 0 atom stereocenters. The van der Waals surface area contributed by atoms with Crippen molar-refractivity contribution in [3.05, 3.63) is 126 Å². The molecule has 5 aromatic rings. The first-order valence-corrected chi connectivity index (χ1v) is 12.0. The molecule has 0 aliphatic heterocycles. The second kappa shape index (κ2) is 10.7. The lowest BCUT2D eigenvalue weighted by atomic mass is 10.0. The van der Waals surface area contributed by atoms with E-state index >= 15 is 0 Å². The van der Waals surface area contributed by atoms with Gasteiger partial charge >= 0.3 is 0 Å². The molecular weight excluding hydrogens is 458 g/mol. The molecular formula is C31H27N5O. The van der Waals surface area contributed by atoms with E-state index in [9.17, 15) is 4.79 Å². The van der Waals surface area contributed by atoms with Crippen molar-refractivity contribution in [3.63, 3.8) is 0 Å². The maximum Gasteiger partial charge on any atom is 0.247 e. The highest BCUT2D eigenvalue weighted by Gasteiger charge is 2.10. The van der Waals surface area contributed by atoms with Gasteiger partial charge in [0.05, 0.1) is 11.4 Å². The minimum absolute atomic E-state index is 0.256. The highest BCUT2D eigenvalue weighted by molar-refractivity contribution is 5.99. The molecule has 0 saturated carbocycles. The highest BCUT2D eigenvalue weighted by atomic mass is 16.1. The van der Waals surface area contributed by atoms with Gasteiger partial charge in [0.25, 0.3) is 0 Å². The van der Waals surface area contributed by atoms with Crippen LogP contribution in [0.2, 0.25) is 0 Å². The van der Waals surface area contributed by atoms with Gasteiger partial charge in [0, 0.05) is 17.3 Å². The molecule has 2 aromatic heterocycles. The summed E-state index contributed by atoms with van der Waals surface area (Å²) < 4.78 is 0. The van der Waals surface area contributed by atoms with E-state index in [-0.39, 0.29) is 5.91 Å². The predicted molar refractivity (Wildman–Crippen MR) is 150 cm³/mol. The van der Waals surface area contributed by atoms with Crippen molar-refractivity contribution in [1.82, 2.24) is 15.2 Å². The van der Waals surface area contributed by atoms with Crippen LogP contribution >= 0.6 is 0 Å². The number of pyridine rings is 1. The molecule has 6 nitrogen and oxygen atoms in total. The summed E-state index contributed by atoms with van der Waals surface area (Å²) in [6, 6.07) is 32.3. The topological polar surface area (TPSA) is 82.7 Å². The molecule has 182 valence electrons. The van der Waals surface area contributed by atoms with E-state index in [2.05, 4.69) is 76.8 Å². The minimum atomic E-state index is -0.256. The first kappa shape index (κ1) is 23.8. The van der Waals surface area contributed by atoms with Gasteiger partial charge < -0.3 is 10.6 Å². The van der Waals surface area contributed by atoms with Crippen LogP contribution in [0.4, 0.5) is 17.3 Å². The lowest BCUT2D eigenvalue weighted by Crippen LogP contribution is -2.07. The number of anilines is 3. The molecule has 3 aromatic carbocycles. The van der Waals surface area contributed by atoms with Crippen LogP contribution in [0.3, 0.4) is 0 Å². The third kappa shape index (κ3) is 6.00. The number of carbonyl (C=O) groups excluding carboxylic acids is 1. The normalized spacial score (nSPS) is 10.6. The molecule has 2 heterocycles. The number of hydrogen-bond donors (Lipinski definition) is 3. The zero-order valence-corrected chi connectivity index (χ0v) is 20.5. The van der Waals surface area contributed by atoms with Crippen molar-refractivity contribution in [3.8, 4) is 22.5 Å². The number of nitrogens with zero attached hydrogens (tertiary/aromatic N) is 2. The summed E-state index contributed by atoms with van der Waals surface area (Å²) in [6.45, 7) is 5.59. The van der Waals surface area contributed by atoms with Gasteiger partial charge in [0.1, 0.15) is 5.82 Å². The second-order valence-corrected chi connectivity index (χ2v) is 8.84. The number of aryl methyl sites for hydroxylation is 1. The van der Waals surface area contributed by atoms with E-state index in [0.29, 0.717) is 17.3 Å². The third-order valence-corrected chi connectivity index (χ3v) is 5.94. The summed E-state index contributed by atoms with van der Waals surface area (Å²) in [5, 5.41) is 13.7. The molecule has 0 fully saturated rings. The van der Waals surface area contributed by atoms with E-state index in [1.165, 1.54) is 17.2 Å². The summed E-state index contributed by atoms with van der Waals surface area (Å²) >= 11 is 0. The average molecular weight is 486 g/mol. The Morgan fingerprint density at radius 1 is 0.865 bits per heavy atom. The largest absolute Gasteiger partial charge is 0.323 e. The molecule has 0 aliphatic rings. The molecule has 0 bridgehead atoms. The van der Waals surface area contributed by atoms with Crippen LogP contribution in [0.25, 0.3) is 22.5 Å². The maximum absolute atomic E-state index is 11.8. The van der Waals surface area contributed by atoms with E-state index in [0.717, 1.165) is 34.5 Å². The van der Waals surface area contributed by atoms with Crippen molar-refractivity contribution in [2.24, 2.45) is 0 Å². The second-order valence-electron chi connectivity index (χ2n) is 8.84. The molecule has 0 radical (unpaired) electrons. The van der Waals surface area contributed by atoms with E-state index in [1.807, 2.05) is 54.6 Å². The molecule has 37 heavy (non-hydrogen) atoms. The van der Waals surface area contributed by atoms with Crippen molar-refractivity contribution < 1.29 is 4.79 Å². The Kier molecular flexibility index (Phi) is 6.90. The Balaban J connectivity index is 1.47. The molecule has 6 heteroatoms. The summed E-state index contributed by atoms with van der Waals surface area (Å²) in [4.78, 5) is 16.7. The first-order chi connectivity index (χ1) is 18.1. The monoisotopic (exact) mass is 485 g/mol. The van der Waals surface area contributed by atoms with Crippen molar-refractivity contribution in [1.29, 1.82) is 0 Å². The van der Waals surface area contributed by atoms with Crippen molar-refractivity contribution in [2.75, 3.05) is 10.6 Å². The molecule has 0 saturated heterocycles. The van der Waals surface area contributed by atoms with Crippen molar-refractivity contribution in [2.45, 2.75) is 13.3 Å². The van der Waals surface area contributed by atoms with Crippen molar-refractivity contribution >= 4 is 23.2 Å². The van der Waals surface area contributed by atoms with E-state index < -0.39 is 0 Å². The zero-order chi connectivity index (χ0) is 25.6. The highest BCUT2D eigenvalue weighted by Crippen LogP contribution is 2.27. The summed E-state index contributed by atoms with van der Waals surface area (Å²) in [7, 11) is 0. The van der Waals surface area contributed by atoms with Gasteiger partial charge in [-0.25, -0.2) is 4.98 Å². The predicted octanol–water partition coefficient (Wildman–Crippen LogP) is 6.91. The Morgan fingerprint density at radius 2 is 1.68 bits per heavy atom. The van der Waals surface area contributed by atoms with Gasteiger partial charge in [0.2, 0.25) is 5.91 Å². The van der Waals surface area contributed by atoms with E-state index in [4.69, 9.17) is 4.98 Å². The van der Waals surface area contributed by atoms with Gasteiger partial charge in [0.15, 0.2) is 5.82 Å². The Morgan fingerprint density at radius 3 is 2.46 bits per heavy atom. The number of H-pyrrole nitrogens is 1. The Hall–Kier alpha value is -4.97. The van der Waals surface area contributed by atoms with Gasteiger partial charge in [-0.2, -0.15) is 5.10 Å². The molecule has 0 spiro atoms. The fourth-order valence-corrected chi connectivity index (χ4v) is 4.08. The third-order valence-electron chi connectivity index (χ3n) is 5.94. The van der Waals surface area contributed by atoms with Crippen LogP contribution in [0.15, 0.2) is 110 Å². The average Bonchev–Trinajstić information content (AvgIpc) is 3.38. The van der Waals surface area contributed by atoms with Crippen LogP contribution in [-0.2, 0) is 11.2 Å². The van der Waals surface area contributed by atoms with E-state index in [1.54, 1.807) is 0 Å². The van der Waals surface area contributed by atoms with Crippen LogP contribution in [0.1, 0.15) is 16.7 Å². The number of aromatic nitrogens is 3. The van der Waals surface area contributed by atoms with Crippen LogP contribution in [0.5, 0.6) is 0 Å². The zero-order valence-electron chi connectivity index (χ0n) is 20.5. The number of hydrogen-bond acceptors (Lipinski definition) is 4. The summed E-state index contributed by atoms with van der Waals surface area (Å²) in [5.41, 5.74) is 7.88. The number of rotatable bonds is 8. The maximum atomic E-state index is 11.8. The minimum Gasteiger partial charge on any atom is -0.323 e. The van der Waals surface area contributed by atoms with Crippen LogP contribution < -0.4 is 10.6 Å². The lowest BCUT2D eigenvalue weighted by Gasteiger charge is -2.11. The summed E-state index contributed by atoms with van der Waals surface area (Å²) in [5.74, 6) is 1.11. The lowest BCUT2D eigenvalue weighted by molar-refractivity contribution is -0.111. The van der Waals surface area contributed by atoms with Crippen LogP contribution in [-0.4, -0.2) is 21.1 Å². The number of aromatic amines is 1. The van der Waals surface area contributed by atoms with Gasteiger partial charge in [-0.15, -0.1) is 0 Å². The summed E-state index contributed by atoms with van der Waals surface area (Å²) in [6.07, 6.45) is 2.01. The Bertz CT molecular complexity index is 1540. The SMILES string of the molecule is C=CC(=O)Nc1cccc(-c2cc(Cc3ccccc3)cc(Nc3cc(-c4ccc(C)cc4)[nH]n3)n2)c1. The first-order valence-electron chi connectivity index (χ1n) is 12.0. The molecule has 1 amide bonds. The van der Waals surface area contributed by atoms with Gasteiger partial charge in [-0.3, -0.25) is 9.89 Å². The molecule has 0 unspecified atom stereocenters. The smallest absolute Gasteiger partial charge is 0.247 e. The van der Waals surface area contributed by atoms with Crippen LogP contribution in [0, 0.1) is 6.92 Å². The standard InChI is InChI=1S/C31H27N5O/c1-3-31(37)32-26-11-7-10-25(19-26)27-17-23(16-22-8-5-4-6-9-22)18-29(33-27)34-30-20-28(35-36-30)24-14-12-21(2)13-15-24/h3-15,17-20H,1,16H2,2H3,(H,32,37)(H2,33,34,35,36). The fraction of sp³-hybridized carbons (Fsp3) is 0.0645. The number of amides is 1. The quantitative estimate of drug-likeness (QED) is 0.209. The number of nitrogens with one attached hydrogen (secondary N) is 3. The molecule has 3 N–H and O–H groups in total.